The summed E-state index contributed by atoms with van der Waals surface area (Å²) in [7, 11) is 0. The van der Waals surface area contributed by atoms with Crippen LogP contribution in [0.2, 0.25) is 0 Å². The molecule has 12 heavy (non-hydrogen) atoms. The van der Waals surface area contributed by atoms with Gasteiger partial charge in [-0.3, -0.25) is 0 Å². The van der Waals surface area contributed by atoms with Gasteiger partial charge in [0, 0.05) is 0 Å². The van der Waals surface area contributed by atoms with Gasteiger partial charge >= 0.3 is 0 Å². The van der Waals surface area contributed by atoms with Crippen LogP contribution in [0.1, 0.15) is 33.6 Å². The van der Waals surface area contributed by atoms with E-state index in [0.717, 1.165) is 25.0 Å². The van der Waals surface area contributed by atoms with Crippen LogP contribution in [0, 0.1) is 5.92 Å². The van der Waals surface area contributed by atoms with Crippen molar-refractivity contribution in [1.82, 2.24) is 0 Å². The van der Waals surface area contributed by atoms with E-state index in [9.17, 15) is 5.11 Å². The molecule has 0 radical (unpaired) electrons. The third kappa shape index (κ3) is 1.81. The van der Waals surface area contributed by atoms with Crippen LogP contribution in [0.5, 0.6) is 0 Å². The molecular formula is C10H18O2. The first-order chi connectivity index (χ1) is 5.55. The fourth-order valence-electron chi connectivity index (χ4n) is 1.31. The lowest BCUT2D eigenvalue weighted by Crippen LogP contribution is -2.34. The second-order valence-corrected chi connectivity index (χ2v) is 3.92. The predicted octanol–water partition coefficient (Wildman–Crippen LogP) is 2.09. The molecule has 1 heterocycles. The largest absolute Gasteiger partial charge is 0.501 e. The Morgan fingerprint density at radius 2 is 2.25 bits per heavy atom. The molecule has 1 N–H and O–H groups in total. The van der Waals surface area contributed by atoms with E-state index >= 15 is 0 Å². The van der Waals surface area contributed by atoms with E-state index < -0.39 is 5.60 Å². The Balaban J connectivity index is 2.72. The number of aliphatic hydroxyl groups is 1. The Labute approximate surface area is 74.2 Å². The minimum atomic E-state index is -0.694. The highest BCUT2D eigenvalue weighted by atomic mass is 16.5. The van der Waals surface area contributed by atoms with Crippen molar-refractivity contribution in [2.45, 2.75) is 39.2 Å². The van der Waals surface area contributed by atoms with Crippen molar-refractivity contribution in [3.05, 3.63) is 11.8 Å². The summed E-state index contributed by atoms with van der Waals surface area (Å²) in [5, 5.41) is 10.1. The molecule has 0 aromatic rings. The van der Waals surface area contributed by atoms with Crippen molar-refractivity contribution >= 4 is 0 Å². The van der Waals surface area contributed by atoms with Crippen molar-refractivity contribution in [3.8, 4) is 0 Å². The van der Waals surface area contributed by atoms with Gasteiger partial charge in [-0.25, -0.2) is 0 Å². The van der Waals surface area contributed by atoms with Gasteiger partial charge in [-0.15, -0.1) is 0 Å². The average molecular weight is 170 g/mol. The number of ether oxygens (including phenoxy) is 1. The third-order valence-corrected chi connectivity index (χ3v) is 2.71. The fourth-order valence-corrected chi connectivity index (χ4v) is 1.31. The van der Waals surface area contributed by atoms with Crippen LogP contribution in [-0.4, -0.2) is 17.3 Å². The third-order valence-electron chi connectivity index (χ3n) is 2.71. The van der Waals surface area contributed by atoms with Crippen molar-refractivity contribution in [3.63, 3.8) is 0 Å². The molecule has 0 saturated heterocycles. The Kier molecular flexibility index (Phi) is 2.78. The first kappa shape index (κ1) is 9.59. The molecule has 0 aliphatic carbocycles. The first-order valence-electron chi connectivity index (χ1n) is 4.58. The minimum absolute atomic E-state index is 0.241. The zero-order chi connectivity index (χ0) is 9.19. The van der Waals surface area contributed by atoms with Crippen LogP contribution >= 0.6 is 0 Å². The highest BCUT2D eigenvalue weighted by molar-refractivity contribution is 5.15. The maximum Gasteiger partial charge on any atom is 0.0883 e. The highest BCUT2D eigenvalue weighted by Crippen LogP contribution is 2.30. The molecule has 0 spiro atoms. The molecule has 0 bridgehead atoms. The predicted molar refractivity (Wildman–Crippen MR) is 48.7 cm³/mol. The molecular weight excluding hydrogens is 152 g/mol. The maximum atomic E-state index is 10.1. The Morgan fingerprint density at radius 3 is 2.67 bits per heavy atom. The molecule has 0 aromatic heterocycles. The van der Waals surface area contributed by atoms with E-state index in [2.05, 4.69) is 0 Å². The minimum Gasteiger partial charge on any atom is -0.501 e. The van der Waals surface area contributed by atoms with Crippen molar-refractivity contribution < 1.29 is 9.84 Å². The van der Waals surface area contributed by atoms with E-state index in [1.807, 2.05) is 20.8 Å². The monoisotopic (exact) mass is 170 g/mol. The molecule has 0 aromatic carbocycles. The topological polar surface area (TPSA) is 29.5 Å². The Bertz CT molecular complexity index is 180. The van der Waals surface area contributed by atoms with E-state index in [-0.39, 0.29) is 5.92 Å². The number of rotatable bonds is 2. The Morgan fingerprint density at radius 1 is 1.58 bits per heavy atom. The summed E-state index contributed by atoms with van der Waals surface area (Å²) in [6.45, 7) is 6.70. The Hall–Kier alpha value is -0.500. The molecule has 0 saturated carbocycles. The second-order valence-electron chi connectivity index (χ2n) is 3.92. The maximum absolute atomic E-state index is 10.1. The normalized spacial score (nSPS) is 22.9. The summed E-state index contributed by atoms with van der Waals surface area (Å²) in [6, 6.07) is 0. The van der Waals surface area contributed by atoms with Crippen molar-refractivity contribution in [2.75, 3.05) is 6.61 Å². The molecule has 0 amide bonds. The van der Waals surface area contributed by atoms with Crippen LogP contribution in [-0.2, 0) is 4.74 Å². The molecule has 70 valence electrons. The first-order valence-corrected chi connectivity index (χ1v) is 4.58. The van der Waals surface area contributed by atoms with Gasteiger partial charge in [-0.2, -0.15) is 0 Å². The van der Waals surface area contributed by atoms with Crippen LogP contribution in [0.3, 0.4) is 0 Å². The molecule has 1 aliphatic heterocycles. The molecule has 0 fully saturated rings. The van der Waals surface area contributed by atoms with Crippen LogP contribution in [0.15, 0.2) is 11.8 Å². The second kappa shape index (κ2) is 3.48. The summed E-state index contributed by atoms with van der Waals surface area (Å²) >= 11 is 0. The van der Waals surface area contributed by atoms with Crippen LogP contribution in [0.25, 0.3) is 0 Å². The van der Waals surface area contributed by atoms with Crippen LogP contribution < -0.4 is 0 Å². The van der Waals surface area contributed by atoms with Gasteiger partial charge in [-0.05, 0) is 31.3 Å². The van der Waals surface area contributed by atoms with E-state index in [4.69, 9.17) is 4.74 Å². The molecule has 1 rings (SSSR count). The SMILES string of the molecule is CC(C)C(C)(O)C1=COCCC1. The lowest BCUT2D eigenvalue weighted by molar-refractivity contribution is 0.0369. The van der Waals surface area contributed by atoms with E-state index in [0.29, 0.717) is 0 Å². The van der Waals surface area contributed by atoms with Gasteiger partial charge < -0.3 is 9.84 Å². The zero-order valence-corrected chi connectivity index (χ0v) is 8.13. The summed E-state index contributed by atoms with van der Waals surface area (Å²) in [6.07, 6.45) is 3.71. The average Bonchev–Trinajstić information content (AvgIpc) is 2.06. The molecule has 1 unspecified atom stereocenters. The molecule has 2 heteroatoms. The standard InChI is InChI=1S/C10H18O2/c1-8(2)10(3,11)9-5-4-6-12-7-9/h7-8,11H,4-6H2,1-3H3. The van der Waals surface area contributed by atoms with Gasteiger partial charge in [0.25, 0.3) is 0 Å². The van der Waals surface area contributed by atoms with Crippen molar-refractivity contribution in [1.29, 1.82) is 0 Å². The lowest BCUT2D eigenvalue weighted by atomic mass is 9.83. The summed E-state index contributed by atoms with van der Waals surface area (Å²) in [5.74, 6) is 0.241. The highest BCUT2D eigenvalue weighted by Gasteiger charge is 2.30. The number of hydrogen-bond donors (Lipinski definition) is 1. The summed E-state index contributed by atoms with van der Waals surface area (Å²) in [5.41, 5.74) is 0.337. The summed E-state index contributed by atoms with van der Waals surface area (Å²) in [4.78, 5) is 0. The smallest absolute Gasteiger partial charge is 0.0883 e. The summed E-state index contributed by atoms with van der Waals surface area (Å²) < 4.78 is 5.20. The van der Waals surface area contributed by atoms with E-state index in [1.54, 1.807) is 6.26 Å². The van der Waals surface area contributed by atoms with Gasteiger partial charge in [0.05, 0.1) is 18.5 Å². The van der Waals surface area contributed by atoms with Crippen molar-refractivity contribution in [2.24, 2.45) is 5.92 Å². The molecule has 2 nitrogen and oxygen atoms in total. The lowest BCUT2D eigenvalue weighted by Gasteiger charge is -2.32. The van der Waals surface area contributed by atoms with Gasteiger partial charge in [-0.1, -0.05) is 13.8 Å². The van der Waals surface area contributed by atoms with Gasteiger partial charge in [0.15, 0.2) is 0 Å². The fraction of sp³-hybridized carbons (Fsp3) is 0.800. The van der Waals surface area contributed by atoms with Gasteiger partial charge in [0.1, 0.15) is 0 Å². The van der Waals surface area contributed by atoms with Crippen LogP contribution in [0.4, 0.5) is 0 Å². The number of hydrogen-bond acceptors (Lipinski definition) is 2. The zero-order valence-electron chi connectivity index (χ0n) is 8.13. The van der Waals surface area contributed by atoms with E-state index in [1.165, 1.54) is 0 Å². The quantitative estimate of drug-likeness (QED) is 0.687. The van der Waals surface area contributed by atoms with Gasteiger partial charge in [0.2, 0.25) is 0 Å². The molecule has 1 atom stereocenters. The molecule has 1 aliphatic rings.